The summed E-state index contributed by atoms with van der Waals surface area (Å²) in [5.74, 6) is -1.70. The maximum Gasteiger partial charge on any atom is 0.404 e. The normalized spacial score (nSPS) is 22.2. The number of allylic oxidation sites excluding steroid dienone is 3. The first-order valence-corrected chi connectivity index (χ1v) is 27.2. The number of hydrogen-bond donors (Lipinski definition) is 2. The van der Waals surface area contributed by atoms with E-state index in [0.29, 0.717) is 6.61 Å². The van der Waals surface area contributed by atoms with Crippen molar-refractivity contribution in [1.82, 2.24) is 0 Å². The van der Waals surface area contributed by atoms with Gasteiger partial charge in [0.15, 0.2) is 16.6 Å². The van der Waals surface area contributed by atoms with E-state index >= 15 is 0 Å². The van der Waals surface area contributed by atoms with Gasteiger partial charge in [-0.15, -0.1) is 0 Å². The van der Waals surface area contributed by atoms with Crippen LogP contribution in [-0.4, -0.2) is 83.8 Å². The van der Waals surface area contributed by atoms with Gasteiger partial charge in [0.25, 0.3) is 0 Å². The number of carbonyl (C=O) groups is 3. The minimum atomic E-state index is -2.22. The number of amides is 1. The molecule has 12 atom stereocenters. The van der Waals surface area contributed by atoms with Crippen LogP contribution in [0.1, 0.15) is 103 Å². The second-order valence-electron chi connectivity index (χ2n) is 18.6. The van der Waals surface area contributed by atoms with Crippen LogP contribution in [0.4, 0.5) is 4.79 Å². The Hall–Kier alpha value is -2.36. The number of primary amides is 1. The van der Waals surface area contributed by atoms with Gasteiger partial charge >= 0.3 is 12.1 Å². The van der Waals surface area contributed by atoms with Crippen LogP contribution in [0.15, 0.2) is 48.6 Å². The number of carbonyl (C=O) groups excluding carboxylic acids is 3. The van der Waals surface area contributed by atoms with Gasteiger partial charge in [0, 0.05) is 30.1 Å². The van der Waals surface area contributed by atoms with E-state index in [0.717, 1.165) is 24.6 Å². The summed E-state index contributed by atoms with van der Waals surface area (Å²) >= 11 is 0. The smallest absolute Gasteiger partial charge is 0.404 e. The second-order valence-corrected chi connectivity index (χ2v) is 28.1. The van der Waals surface area contributed by atoms with Crippen molar-refractivity contribution in [1.29, 1.82) is 0 Å². The van der Waals surface area contributed by atoms with Crippen LogP contribution in [0, 0.1) is 41.4 Å². The fraction of sp³-hybridized carbons (Fsp3) is 0.761. The zero-order valence-corrected chi connectivity index (χ0v) is 41.1. The quantitative estimate of drug-likeness (QED) is 0.0376. The van der Waals surface area contributed by atoms with E-state index < -0.39 is 58.8 Å². The first-order valence-electron chi connectivity index (χ1n) is 21.7. The number of Topliss-reactive ketones (excluding diaryl/α,β-unsaturated/α-hetero) is 1. The number of ether oxygens (including phenoxy) is 3. The third-order valence-electron chi connectivity index (χ3n) is 13.2. The lowest BCUT2D eigenvalue weighted by Gasteiger charge is -2.44. The lowest BCUT2D eigenvalue weighted by molar-refractivity contribution is -0.162. The van der Waals surface area contributed by atoms with Crippen molar-refractivity contribution in [2.75, 3.05) is 13.7 Å². The van der Waals surface area contributed by atoms with Crippen LogP contribution in [0.3, 0.4) is 0 Å². The number of aliphatic hydroxyl groups is 1. The fourth-order valence-corrected chi connectivity index (χ4v) is 12.5. The van der Waals surface area contributed by atoms with Crippen LogP contribution in [-0.2, 0) is 32.7 Å². The molecule has 0 spiro atoms. The molecule has 1 fully saturated rings. The average molecular weight is 850 g/mol. The van der Waals surface area contributed by atoms with Crippen molar-refractivity contribution in [2.45, 2.75) is 170 Å². The van der Waals surface area contributed by atoms with E-state index in [1.165, 1.54) is 12.7 Å². The minimum absolute atomic E-state index is 0.0168. The summed E-state index contributed by atoms with van der Waals surface area (Å²) in [6.07, 6.45) is 9.11. The highest BCUT2D eigenvalue weighted by molar-refractivity contribution is 6.74. The molecule has 1 amide bonds. The summed E-state index contributed by atoms with van der Waals surface area (Å²) in [5, 5.41) is 11.2. The lowest BCUT2D eigenvalue weighted by atomic mass is 9.78. The Kier molecular flexibility index (Phi) is 22.4. The van der Waals surface area contributed by atoms with E-state index in [2.05, 4.69) is 95.0 Å². The molecule has 1 heterocycles. The van der Waals surface area contributed by atoms with Gasteiger partial charge in [-0.3, -0.25) is 9.59 Å². The van der Waals surface area contributed by atoms with Gasteiger partial charge in [0.2, 0.25) is 0 Å². The molecule has 1 saturated heterocycles. The topological polar surface area (TPSA) is 144 Å². The zero-order valence-electron chi connectivity index (χ0n) is 39.1. The highest BCUT2D eigenvalue weighted by Gasteiger charge is 2.44. The molecule has 0 aromatic rings. The molecule has 0 radical (unpaired) electrons. The Bertz CT molecular complexity index is 1390. The van der Waals surface area contributed by atoms with Gasteiger partial charge in [-0.05, 0) is 68.4 Å². The summed E-state index contributed by atoms with van der Waals surface area (Å²) in [6.45, 7) is 36.0. The highest BCUT2D eigenvalue weighted by atomic mass is 28.4. The SMILES string of the molecule is C=C/C=C\[C@H](C)[C@H](OC(N)=O)[C@@H](C)[C@@H]1OC[C@H]1C/C(C)=C\[C@H](C)[C@@H](O[Si](C)(C)C(C)(C)C)[C@@H](C)/C=C\[C@@H](O)CC(=O)[C@H](C)[C@H](O[Si](CC)(CC)CC)[C@@H](C)C(=O)OC. The molecule has 0 bridgehead atoms. The van der Waals surface area contributed by atoms with Crippen molar-refractivity contribution in [3.05, 3.63) is 48.6 Å². The van der Waals surface area contributed by atoms with Crippen molar-refractivity contribution >= 4 is 34.5 Å². The Morgan fingerprint density at radius 1 is 0.879 bits per heavy atom. The second kappa shape index (κ2) is 24.2. The average Bonchev–Trinajstić information content (AvgIpc) is 3.14. The summed E-state index contributed by atoms with van der Waals surface area (Å²) in [5.41, 5.74) is 6.70. The molecule has 0 aromatic heterocycles. The lowest BCUT2D eigenvalue weighted by Crippen LogP contribution is -2.50. The van der Waals surface area contributed by atoms with Crippen LogP contribution < -0.4 is 5.73 Å². The third kappa shape index (κ3) is 15.6. The molecular formula is C46H83NO9Si2. The van der Waals surface area contributed by atoms with Crippen LogP contribution in [0.2, 0.25) is 36.3 Å². The van der Waals surface area contributed by atoms with Crippen molar-refractivity contribution in [3.63, 3.8) is 0 Å². The van der Waals surface area contributed by atoms with Gasteiger partial charge in [-0.2, -0.15) is 0 Å². The monoisotopic (exact) mass is 850 g/mol. The fourth-order valence-electron chi connectivity index (χ4n) is 8.02. The number of nitrogens with two attached hydrogens (primary N) is 1. The van der Waals surface area contributed by atoms with Crippen molar-refractivity contribution in [2.24, 2.45) is 47.2 Å². The van der Waals surface area contributed by atoms with Gasteiger partial charge in [-0.1, -0.05) is 125 Å². The molecular weight excluding hydrogens is 767 g/mol. The number of rotatable bonds is 26. The highest BCUT2D eigenvalue weighted by Crippen LogP contribution is 2.41. The first kappa shape index (κ1) is 53.7. The van der Waals surface area contributed by atoms with Crippen LogP contribution >= 0.6 is 0 Å². The molecule has 12 heteroatoms. The van der Waals surface area contributed by atoms with Crippen LogP contribution in [0.25, 0.3) is 0 Å². The maximum atomic E-state index is 13.7. The van der Waals surface area contributed by atoms with E-state index in [1.807, 2.05) is 25.2 Å². The molecule has 0 aliphatic carbocycles. The van der Waals surface area contributed by atoms with Crippen molar-refractivity contribution in [3.8, 4) is 0 Å². The summed E-state index contributed by atoms with van der Waals surface area (Å²) < 4.78 is 30.6. The molecule has 10 nitrogen and oxygen atoms in total. The van der Waals surface area contributed by atoms with Gasteiger partial charge in [0.1, 0.15) is 11.9 Å². The number of methoxy groups -OCH3 is 1. The third-order valence-corrected chi connectivity index (χ3v) is 22.3. The minimum Gasteiger partial charge on any atom is -0.469 e. The number of hydrogen-bond acceptors (Lipinski definition) is 9. The van der Waals surface area contributed by atoms with Crippen molar-refractivity contribution < 1.29 is 42.6 Å². The molecule has 1 rings (SSSR count). The first-order chi connectivity index (χ1) is 26.8. The van der Waals surface area contributed by atoms with Gasteiger partial charge in [-0.25, -0.2) is 4.79 Å². The molecule has 0 saturated carbocycles. The molecule has 334 valence electrons. The molecule has 58 heavy (non-hydrogen) atoms. The summed E-state index contributed by atoms with van der Waals surface area (Å²) in [7, 11) is -3.03. The van der Waals surface area contributed by atoms with E-state index in [9.17, 15) is 19.5 Å². The predicted molar refractivity (Wildman–Crippen MR) is 241 cm³/mol. The Morgan fingerprint density at radius 2 is 1.45 bits per heavy atom. The molecule has 0 unspecified atom stereocenters. The molecule has 1 aliphatic rings. The number of ketones is 1. The van der Waals surface area contributed by atoms with E-state index in [1.54, 1.807) is 26.0 Å². The Morgan fingerprint density at radius 3 is 1.91 bits per heavy atom. The predicted octanol–water partition coefficient (Wildman–Crippen LogP) is 10.2. The number of esters is 1. The summed E-state index contributed by atoms with van der Waals surface area (Å²) in [4.78, 5) is 38.3. The van der Waals surface area contributed by atoms with E-state index in [4.69, 9.17) is 28.8 Å². The largest absolute Gasteiger partial charge is 0.469 e. The Balaban J connectivity index is 3.29. The molecule has 1 aliphatic heterocycles. The number of aliphatic hydroxyl groups excluding tert-OH is 1. The van der Waals surface area contributed by atoms with Crippen LogP contribution in [0.5, 0.6) is 0 Å². The van der Waals surface area contributed by atoms with Gasteiger partial charge < -0.3 is 33.9 Å². The van der Waals surface area contributed by atoms with Gasteiger partial charge in [0.05, 0.1) is 44.1 Å². The zero-order chi connectivity index (χ0) is 44.8. The van der Waals surface area contributed by atoms with E-state index in [-0.39, 0.29) is 59.0 Å². The summed E-state index contributed by atoms with van der Waals surface area (Å²) in [6, 6.07) is 2.66. The standard InChI is InChI=1S/C46H83NO9Si2/c1-18-22-23-31(6)41(54-45(47)51)35(10)43-37(29-53-43)27-30(5)26-33(8)40(55-57(16,17)46(12,13)14)32(7)24-25-38(48)28-39(49)34(9)42(36(11)44(50)52-15)56-58(19-2,20-3)21-4/h18,22-26,31-38,40-43,48H,1,19-21,27-29H2,2-17H3,(H2,47,51)/b23-22-,25-24-,30-26-/t31-,32-,33-,34-,35+,36+,37+,38+,40-,41-,42-,43-/m0/s1. The maximum absolute atomic E-state index is 13.7. The molecule has 0 aromatic carbocycles. The molecule has 3 N–H and O–H groups in total. The Labute approximate surface area is 355 Å².